The maximum absolute atomic E-state index is 8.81. The zero-order valence-corrected chi connectivity index (χ0v) is 6.60. The molecule has 1 unspecified atom stereocenters. The molecule has 54 valence electrons. The highest BCUT2D eigenvalue weighted by atomic mass is 16.3. The molecule has 0 fully saturated rings. The monoisotopic (exact) mass is 136 g/mol. The van der Waals surface area contributed by atoms with Crippen LogP contribution in [0.1, 0.15) is 20.8 Å². The van der Waals surface area contributed by atoms with Gasteiger partial charge in [-0.15, -0.1) is 6.42 Å². The maximum Gasteiger partial charge on any atom is 0.176 e. The van der Waals surface area contributed by atoms with Gasteiger partial charge in [-0.1, -0.05) is 17.8 Å². The Morgan fingerprint density at radius 2 is 1.90 bits per heavy atom. The number of aliphatic hydroxyl groups is 1. The van der Waals surface area contributed by atoms with Crippen LogP contribution in [-0.2, 0) is 0 Å². The molecule has 0 radical (unpaired) electrons. The van der Waals surface area contributed by atoms with Crippen molar-refractivity contribution < 1.29 is 5.11 Å². The van der Waals surface area contributed by atoms with Crippen LogP contribution in [0.4, 0.5) is 0 Å². The highest BCUT2D eigenvalue weighted by molar-refractivity contribution is 5.18. The third kappa shape index (κ3) is 5.22. The van der Waals surface area contributed by atoms with E-state index in [9.17, 15) is 0 Å². The van der Waals surface area contributed by atoms with Crippen LogP contribution in [0.15, 0.2) is 0 Å². The summed E-state index contributed by atoms with van der Waals surface area (Å²) in [6.07, 6.45) is 3.98. The molecule has 10 heavy (non-hydrogen) atoms. The molecule has 1 nitrogen and oxygen atoms in total. The highest BCUT2D eigenvalue weighted by Gasteiger charge is 2.03. The van der Waals surface area contributed by atoms with E-state index in [1.807, 2.05) is 20.8 Å². The number of hydrogen-bond acceptors (Lipinski definition) is 1. The van der Waals surface area contributed by atoms with Gasteiger partial charge in [0.05, 0.1) is 0 Å². The molecule has 0 spiro atoms. The molecule has 1 heteroatoms. The smallest absolute Gasteiger partial charge is 0.176 e. The quantitative estimate of drug-likeness (QED) is 0.493. The normalized spacial score (nSPS) is 12.7. The average molecular weight is 136 g/mol. The van der Waals surface area contributed by atoms with Crippen LogP contribution in [0, 0.1) is 29.6 Å². The molecule has 0 aliphatic rings. The molecule has 1 N–H and O–H groups in total. The molecule has 0 aromatic rings. The summed E-state index contributed by atoms with van der Waals surface area (Å²) in [5.41, 5.74) is -0.0855. The van der Waals surface area contributed by atoms with Crippen molar-refractivity contribution in [3.63, 3.8) is 0 Å². The summed E-state index contributed by atoms with van der Waals surface area (Å²) in [6, 6.07) is 0. The van der Waals surface area contributed by atoms with Crippen molar-refractivity contribution in [3.05, 3.63) is 0 Å². The fraction of sp³-hybridized carbons (Fsp3) is 0.556. The lowest BCUT2D eigenvalue weighted by Crippen LogP contribution is -2.03. The van der Waals surface area contributed by atoms with E-state index in [1.165, 1.54) is 0 Å². The van der Waals surface area contributed by atoms with E-state index in [0.29, 0.717) is 0 Å². The molecular weight excluding hydrogens is 124 g/mol. The van der Waals surface area contributed by atoms with E-state index in [0.717, 1.165) is 0 Å². The third-order valence-electron chi connectivity index (χ3n) is 0.742. The summed E-state index contributed by atoms with van der Waals surface area (Å²) < 4.78 is 0. The van der Waals surface area contributed by atoms with Gasteiger partial charge in [-0.05, 0) is 20.8 Å². The standard InChI is InChI=1S/C9H12O/c1-5-8(10)6-7-9(2,3)4/h1,8,10H,2-4H3. The molecule has 0 aliphatic heterocycles. The largest absolute Gasteiger partial charge is 0.369 e. The first kappa shape index (κ1) is 9.08. The van der Waals surface area contributed by atoms with Crippen molar-refractivity contribution >= 4 is 0 Å². The van der Waals surface area contributed by atoms with Crippen LogP contribution in [0.2, 0.25) is 0 Å². The molecule has 0 heterocycles. The van der Waals surface area contributed by atoms with Crippen LogP contribution in [0.5, 0.6) is 0 Å². The van der Waals surface area contributed by atoms with Crippen molar-refractivity contribution in [1.82, 2.24) is 0 Å². The Bertz CT molecular complexity index is 191. The predicted octanol–water partition coefficient (Wildman–Crippen LogP) is 1.03. The fourth-order valence-electron chi connectivity index (χ4n) is 0.327. The van der Waals surface area contributed by atoms with Crippen LogP contribution < -0.4 is 0 Å². The van der Waals surface area contributed by atoms with Crippen molar-refractivity contribution in [1.29, 1.82) is 0 Å². The van der Waals surface area contributed by atoms with Gasteiger partial charge >= 0.3 is 0 Å². The van der Waals surface area contributed by atoms with Gasteiger partial charge in [0.1, 0.15) is 0 Å². The van der Waals surface area contributed by atoms with Gasteiger partial charge < -0.3 is 5.11 Å². The Balaban J connectivity index is 4.08. The lowest BCUT2D eigenvalue weighted by Gasteiger charge is -2.06. The fourth-order valence-corrected chi connectivity index (χ4v) is 0.327. The summed E-state index contributed by atoms with van der Waals surface area (Å²) in [5.74, 6) is 7.49. The van der Waals surface area contributed by atoms with E-state index in [2.05, 4.69) is 17.8 Å². The zero-order chi connectivity index (χ0) is 8.20. The van der Waals surface area contributed by atoms with Gasteiger partial charge in [0.15, 0.2) is 6.10 Å². The first-order valence-corrected chi connectivity index (χ1v) is 3.12. The van der Waals surface area contributed by atoms with Crippen LogP contribution >= 0.6 is 0 Å². The summed E-state index contributed by atoms with van der Waals surface area (Å²) in [4.78, 5) is 0. The number of terminal acetylenes is 1. The predicted molar refractivity (Wildman–Crippen MR) is 42.1 cm³/mol. The second kappa shape index (κ2) is 3.30. The van der Waals surface area contributed by atoms with E-state index >= 15 is 0 Å². The second-order valence-electron chi connectivity index (χ2n) is 3.09. The molecular formula is C9H12O. The summed E-state index contributed by atoms with van der Waals surface area (Å²) in [6.45, 7) is 5.88. The topological polar surface area (TPSA) is 20.2 Å². The van der Waals surface area contributed by atoms with Gasteiger partial charge in [0, 0.05) is 5.41 Å². The molecule has 0 aromatic heterocycles. The average Bonchev–Trinajstić information content (AvgIpc) is 1.81. The number of hydrogen-bond donors (Lipinski definition) is 1. The first-order chi connectivity index (χ1) is 4.45. The van der Waals surface area contributed by atoms with Gasteiger partial charge in [-0.2, -0.15) is 0 Å². The highest BCUT2D eigenvalue weighted by Crippen LogP contribution is 2.09. The van der Waals surface area contributed by atoms with Crippen molar-refractivity contribution in [3.8, 4) is 24.2 Å². The zero-order valence-electron chi connectivity index (χ0n) is 6.60. The van der Waals surface area contributed by atoms with Gasteiger partial charge in [-0.25, -0.2) is 0 Å². The van der Waals surface area contributed by atoms with Crippen molar-refractivity contribution in [2.75, 3.05) is 0 Å². The SMILES string of the molecule is C#CC(O)C#CC(C)(C)C. The van der Waals surface area contributed by atoms with Crippen LogP contribution in [-0.4, -0.2) is 11.2 Å². The first-order valence-electron chi connectivity index (χ1n) is 3.12. The Kier molecular flexibility index (Phi) is 3.00. The third-order valence-corrected chi connectivity index (χ3v) is 0.742. The Labute approximate surface area is 62.5 Å². The van der Waals surface area contributed by atoms with Gasteiger partial charge in [-0.3, -0.25) is 0 Å². The summed E-state index contributed by atoms with van der Waals surface area (Å²) in [7, 11) is 0. The van der Waals surface area contributed by atoms with Gasteiger partial charge in [0.25, 0.3) is 0 Å². The van der Waals surface area contributed by atoms with E-state index in [1.54, 1.807) is 0 Å². The van der Waals surface area contributed by atoms with E-state index in [4.69, 9.17) is 11.5 Å². The van der Waals surface area contributed by atoms with E-state index in [-0.39, 0.29) is 5.41 Å². The molecule has 0 amide bonds. The minimum absolute atomic E-state index is 0.0855. The molecule has 0 saturated carbocycles. The number of aliphatic hydroxyl groups excluding tert-OH is 1. The molecule has 0 bridgehead atoms. The van der Waals surface area contributed by atoms with Gasteiger partial charge in [0.2, 0.25) is 0 Å². The van der Waals surface area contributed by atoms with Crippen molar-refractivity contribution in [2.45, 2.75) is 26.9 Å². The van der Waals surface area contributed by atoms with Crippen LogP contribution in [0.3, 0.4) is 0 Å². The Hall–Kier alpha value is -0.920. The Morgan fingerprint density at radius 1 is 1.40 bits per heavy atom. The number of rotatable bonds is 0. The second-order valence-corrected chi connectivity index (χ2v) is 3.09. The maximum atomic E-state index is 8.81. The summed E-state index contributed by atoms with van der Waals surface area (Å²) >= 11 is 0. The van der Waals surface area contributed by atoms with E-state index < -0.39 is 6.10 Å². The molecule has 0 rings (SSSR count). The molecule has 0 aliphatic carbocycles. The molecule has 1 atom stereocenters. The molecule has 0 aromatic carbocycles. The Morgan fingerprint density at radius 3 is 2.20 bits per heavy atom. The molecule has 0 saturated heterocycles. The lowest BCUT2D eigenvalue weighted by atomic mass is 9.98. The lowest BCUT2D eigenvalue weighted by molar-refractivity contribution is 0.289. The van der Waals surface area contributed by atoms with Crippen LogP contribution in [0.25, 0.3) is 0 Å². The van der Waals surface area contributed by atoms with Crippen molar-refractivity contribution in [2.24, 2.45) is 5.41 Å². The minimum Gasteiger partial charge on any atom is -0.369 e. The summed E-state index contributed by atoms with van der Waals surface area (Å²) in [5, 5.41) is 8.81. The minimum atomic E-state index is -0.917.